The second-order valence-corrected chi connectivity index (χ2v) is 6.36. The second-order valence-electron chi connectivity index (χ2n) is 6.36. The largest absolute Gasteiger partial charge is 0.354 e. The van der Waals surface area contributed by atoms with Crippen LogP contribution in [-0.4, -0.2) is 18.5 Å². The van der Waals surface area contributed by atoms with E-state index in [9.17, 15) is 4.79 Å². The van der Waals surface area contributed by atoms with Gasteiger partial charge in [-0.15, -0.1) is 0 Å². The van der Waals surface area contributed by atoms with Crippen molar-refractivity contribution in [3.8, 4) is 0 Å². The third-order valence-corrected chi connectivity index (χ3v) is 3.95. The van der Waals surface area contributed by atoms with Crippen LogP contribution in [0.1, 0.15) is 37.3 Å². The van der Waals surface area contributed by atoms with E-state index in [4.69, 9.17) is 5.73 Å². The van der Waals surface area contributed by atoms with E-state index in [1.54, 1.807) is 0 Å². The second kappa shape index (κ2) is 8.49. The fourth-order valence-corrected chi connectivity index (χ4v) is 2.75. The van der Waals surface area contributed by atoms with Crippen molar-refractivity contribution in [3.63, 3.8) is 0 Å². The Morgan fingerprint density at radius 1 is 0.957 bits per heavy atom. The third-order valence-electron chi connectivity index (χ3n) is 3.95. The number of carbonyl (C=O) groups is 1. The minimum atomic E-state index is -0.442. The Labute approximate surface area is 138 Å². The topological polar surface area (TPSA) is 55.1 Å². The Morgan fingerprint density at radius 2 is 1.43 bits per heavy atom. The first-order valence-electron chi connectivity index (χ1n) is 8.21. The monoisotopic (exact) mass is 310 g/mol. The lowest BCUT2D eigenvalue weighted by Gasteiger charge is -2.21. The molecule has 0 saturated carbocycles. The first kappa shape index (κ1) is 17.2. The van der Waals surface area contributed by atoms with Crippen molar-refractivity contribution in [3.05, 3.63) is 71.8 Å². The van der Waals surface area contributed by atoms with Gasteiger partial charge in [-0.1, -0.05) is 74.5 Å². The molecule has 3 N–H and O–H groups in total. The number of nitrogens with one attached hydrogen (secondary N) is 1. The molecule has 3 heteroatoms. The Balaban J connectivity index is 2.09. The molecule has 0 bridgehead atoms. The molecule has 0 heterocycles. The fourth-order valence-electron chi connectivity index (χ4n) is 2.75. The zero-order valence-electron chi connectivity index (χ0n) is 13.9. The lowest BCUT2D eigenvalue weighted by molar-refractivity contribution is -0.122. The zero-order valence-corrected chi connectivity index (χ0v) is 13.9. The molecule has 0 aromatic heterocycles. The van der Waals surface area contributed by atoms with Gasteiger partial charge in [0.2, 0.25) is 5.91 Å². The van der Waals surface area contributed by atoms with E-state index in [0.29, 0.717) is 18.9 Å². The summed E-state index contributed by atoms with van der Waals surface area (Å²) in [6, 6.07) is 20.0. The van der Waals surface area contributed by atoms with Gasteiger partial charge in [0.1, 0.15) is 0 Å². The maximum absolute atomic E-state index is 12.2. The number of hydrogen-bond acceptors (Lipinski definition) is 2. The SMILES string of the molecule is CC(C)CC(N)C(=O)NCC(c1ccccc1)c1ccccc1. The molecule has 0 radical (unpaired) electrons. The molecule has 2 aromatic carbocycles. The summed E-state index contributed by atoms with van der Waals surface area (Å²) in [5, 5.41) is 3.02. The minimum absolute atomic E-state index is 0.0736. The van der Waals surface area contributed by atoms with Gasteiger partial charge in [-0.3, -0.25) is 4.79 Å². The number of hydrogen-bond donors (Lipinski definition) is 2. The van der Waals surface area contributed by atoms with Gasteiger partial charge >= 0.3 is 0 Å². The highest BCUT2D eigenvalue weighted by molar-refractivity contribution is 5.81. The Bertz CT molecular complexity index is 556. The molecular formula is C20H26N2O. The molecule has 0 aliphatic heterocycles. The van der Waals surface area contributed by atoms with Crippen molar-refractivity contribution in [2.75, 3.05) is 6.54 Å². The first-order chi connectivity index (χ1) is 11.1. The van der Waals surface area contributed by atoms with Crippen molar-refractivity contribution in [1.82, 2.24) is 5.32 Å². The molecular weight excluding hydrogens is 284 g/mol. The van der Waals surface area contributed by atoms with E-state index >= 15 is 0 Å². The van der Waals surface area contributed by atoms with Crippen molar-refractivity contribution in [2.45, 2.75) is 32.2 Å². The van der Waals surface area contributed by atoms with Crippen LogP contribution >= 0.6 is 0 Å². The van der Waals surface area contributed by atoms with Crippen LogP contribution < -0.4 is 11.1 Å². The summed E-state index contributed by atoms with van der Waals surface area (Å²) >= 11 is 0. The minimum Gasteiger partial charge on any atom is -0.354 e. The van der Waals surface area contributed by atoms with Gasteiger partial charge < -0.3 is 11.1 Å². The van der Waals surface area contributed by atoms with Crippen molar-refractivity contribution >= 4 is 5.91 Å². The van der Waals surface area contributed by atoms with Crippen LogP contribution in [0.5, 0.6) is 0 Å². The first-order valence-corrected chi connectivity index (χ1v) is 8.21. The van der Waals surface area contributed by atoms with E-state index in [1.807, 2.05) is 36.4 Å². The quantitative estimate of drug-likeness (QED) is 0.824. The van der Waals surface area contributed by atoms with E-state index in [-0.39, 0.29) is 11.8 Å². The molecule has 0 fully saturated rings. The molecule has 0 spiro atoms. The molecule has 1 atom stereocenters. The average Bonchev–Trinajstić information content (AvgIpc) is 2.56. The average molecular weight is 310 g/mol. The summed E-state index contributed by atoms with van der Waals surface area (Å²) in [4.78, 5) is 12.2. The number of amides is 1. The number of carbonyl (C=O) groups excluding carboxylic acids is 1. The molecule has 2 rings (SSSR count). The summed E-state index contributed by atoms with van der Waals surface area (Å²) in [5.41, 5.74) is 8.35. The van der Waals surface area contributed by atoms with Crippen molar-refractivity contribution in [2.24, 2.45) is 11.7 Å². The molecule has 122 valence electrons. The summed E-state index contributed by atoms with van der Waals surface area (Å²) in [6.07, 6.45) is 0.702. The van der Waals surface area contributed by atoms with Crippen LogP contribution in [0.3, 0.4) is 0 Å². The predicted molar refractivity (Wildman–Crippen MR) is 95.2 cm³/mol. The van der Waals surface area contributed by atoms with Gasteiger partial charge in [0.15, 0.2) is 0 Å². The molecule has 0 aliphatic rings. The van der Waals surface area contributed by atoms with Gasteiger partial charge in [0.25, 0.3) is 0 Å². The van der Waals surface area contributed by atoms with Crippen molar-refractivity contribution in [1.29, 1.82) is 0 Å². The molecule has 23 heavy (non-hydrogen) atoms. The van der Waals surface area contributed by atoms with E-state index < -0.39 is 6.04 Å². The number of rotatable bonds is 7. The van der Waals surface area contributed by atoms with Gasteiger partial charge in [-0.25, -0.2) is 0 Å². The molecule has 0 saturated heterocycles. The molecule has 3 nitrogen and oxygen atoms in total. The maximum atomic E-state index is 12.2. The van der Waals surface area contributed by atoms with Gasteiger partial charge in [0, 0.05) is 12.5 Å². The van der Waals surface area contributed by atoms with Gasteiger partial charge in [0.05, 0.1) is 6.04 Å². The Kier molecular flexibility index (Phi) is 6.36. The van der Waals surface area contributed by atoms with Crippen molar-refractivity contribution < 1.29 is 4.79 Å². The standard InChI is InChI=1S/C20H26N2O/c1-15(2)13-19(21)20(23)22-14-18(16-9-5-3-6-10-16)17-11-7-4-8-12-17/h3-12,15,18-19H,13-14,21H2,1-2H3,(H,22,23). The van der Waals surface area contributed by atoms with Gasteiger partial charge in [-0.05, 0) is 23.5 Å². The fraction of sp³-hybridized carbons (Fsp3) is 0.350. The van der Waals surface area contributed by atoms with E-state index in [0.717, 1.165) is 0 Å². The van der Waals surface area contributed by atoms with Crippen LogP contribution in [0, 0.1) is 5.92 Å². The molecule has 2 aromatic rings. The van der Waals surface area contributed by atoms with E-state index in [1.165, 1.54) is 11.1 Å². The smallest absolute Gasteiger partial charge is 0.236 e. The predicted octanol–water partition coefficient (Wildman–Crippen LogP) is 3.31. The maximum Gasteiger partial charge on any atom is 0.236 e. The van der Waals surface area contributed by atoms with Crippen LogP contribution in [-0.2, 0) is 4.79 Å². The lowest BCUT2D eigenvalue weighted by atomic mass is 9.91. The summed E-state index contributed by atoms with van der Waals surface area (Å²) in [7, 11) is 0. The number of nitrogens with two attached hydrogens (primary N) is 1. The summed E-state index contributed by atoms with van der Waals surface area (Å²) in [5.74, 6) is 0.470. The van der Waals surface area contributed by atoms with Crippen LogP contribution in [0.4, 0.5) is 0 Å². The Hall–Kier alpha value is -2.13. The summed E-state index contributed by atoms with van der Waals surface area (Å²) < 4.78 is 0. The van der Waals surface area contributed by atoms with Gasteiger partial charge in [-0.2, -0.15) is 0 Å². The number of benzene rings is 2. The van der Waals surface area contributed by atoms with Crippen LogP contribution in [0.25, 0.3) is 0 Å². The molecule has 0 aliphatic carbocycles. The normalized spacial score (nSPS) is 12.4. The Morgan fingerprint density at radius 3 is 1.87 bits per heavy atom. The van der Waals surface area contributed by atoms with Crippen LogP contribution in [0.2, 0.25) is 0 Å². The molecule has 1 amide bonds. The third kappa shape index (κ3) is 5.22. The molecule has 1 unspecified atom stereocenters. The highest BCUT2D eigenvalue weighted by Crippen LogP contribution is 2.23. The zero-order chi connectivity index (χ0) is 16.7. The highest BCUT2D eigenvalue weighted by Gasteiger charge is 2.18. The highest BCUT2D eigenvalue weighted by atomic mass is 16.2. The lowest BCUT2D eigenvalue weighted by Crippen LogP contribution is -2.42. The van der Waals surface area contributed by atoms with Crippen LogP contribution in [0.15, 0.2) is 60.7 Å². The van der Waals surface area contributed by atoms with E-state index in [2.05, 4.69) is 43.4 Å². The summed E-state index contributed by atoms with van der Waals surface area (Å²) in [6.45, 7) is 4.70.